The monoisotopic (exact) mass is 161 g/mol. The van der Waals surface area contributed by atoms with Gasteiger partial charge in [0.25, 0.3) is 0 Å². The molecule has 4 nitrogen and oxygen atoms in total. The van der Waals surface area contributed by atoms with Crippen LogP contribution in [-0.2, 0) is 4.79 Å². The molecule has 60 valence electrons. The standard InChI is InChI=1S/C5H5F2N3O/c6-5(7)10-2-4(1-9-10)8-3-11/h1-3,5H,(H,8,11). The number of alkyl halides is 2. The molecule has 1 aromatic heterocycles. The number of amides is 1. The van der Waals surface area contributed by atoms with Crippen molar-refractivity contribution in [3.05, 3.63) is 12.4 Å². The van der Waals surface area contributed by atoms with E-state index in [-0.39, 0.29) is 5.69 Å². The summed E-state index contributed by atoms with van der Waals surface area (Å²) in [5.74, 6) is 0. The lowest BCUT2D eigenvalue weighted by atomic mass is 10.6. The fraction of sp³-hybridized carbons (Fsp3) is 0.200. The number of halogens is 2. The van der Waals surface area contributed by atoms with E-state index in [1.165, 1.54) is 0 Å². The highest BCUT2D eigenvalue weighted by Crippen LogP contribution is 2.11. The van der Waals surface area contributed by atoms with Crippen molar-refractivity contribution >= 4 is 12.1 Å². The van der Waals surface area contributed by atoms with E-state index in [0.717, 1.165) is 12.4 Å². The minimum absolute atomic E-state index is 0.250. The highest BCUT2D eigenvalue weighted by atomic mass is 19.3. The SMILES string of the molecule is O=CNc1cnn(C(F)F)c1. The zero-order valence-corrected chi connectivity index (χ0v) is 5.37. The van der Waals surface area contributed by atoms with Gasteiger partial charge in [-0.05, 0) is 0 Å². The van der Waals surface area contributed by atoms with E-state index in [1.807, 2.05) is 0 Å². The maximum Gasteiger partial charge on any atom is 0.333 e. The first-order valence-electron chi connectivity index (χ1n) is 2.76. The summed E-state index contributed by atoms with van der Waals surface area (Å²) in [6.45, 7) is -2.67. The topological polar surface area (TPSA) is 46.9 Å². The molecular formula is C5H5F2N3O. The lowest BCUT2D eigenvalue weighted by Crippen LogP contribution is -1.97. The van der Waals surface area contributed by atoms with Gasteiger partial charge < -0.3 is 5.32 Å². The van der Waals surface area contributed by atoms with Crippen LogP contribution in [0.2, 0.25) is 0 Å². The summed E-state index contributed by atoms with van der Waals surface area (Å²) in [5.41, 5.74) is 0.250. The van der Waals surface area contributed by atoms with Gasteiger partial charge in [-0.3, -0.25) is 4.79 Å². The Morgan fingerprint density at radius 2 is 2.45 bits per heavy atom. The first-order chi connectivity index (χ1) is 5.24. The summed E-state index contributed by atoms with van der Waals surface area (Å²) >= 11 is 0. The summed E-state index contributed by atoms with van der Waals surface area (Å²) < 4.78 is 24.1. The molecule has 0 aromatic carbocycles. The van der Waals surface area contributed by atoms with E-state index in [4.69, 9.17) is 0 Å². The fourth-order valence-electron chi connectivity index (χ4n) is 0.587. The number of hydrogen-bond acceptors (Lipinski definition) is 2. The zero-order valence-electron chi connectivity index (χ0n) is 5.37. The molecule has 1 amide bonds. The van der Waals surface area contributed by atoms with E-state index in [0.29, 0.717) is 11.1 Å². The molecule has 0 saturated heterocycles. The molecule has 0 saturated carbocycles. The Bertz CT molecular complexity index is 248. The molecular weight excluding hydrogens is 156 g/mol. The first kappa shape index (κ1) is 7.64. The number of carbonyl (C=O) groups is 1. The molecule has 0 aliphatic carbocycles. The van der Waals surface area contributed by atoms with Gasteiger partial charge in [0.15, 0.2) is 0 Å². The Morgan fingerprint density at radius 1 is 1.73 bits per heavy atom. The van der Waals surface area contributed by atoms with Gasteiger partial charge in [0, 0.05) is 0 Å². The van der Waals surface area contributed by atoms with E-state index in [9.17, 15) is 13.6 Å². The second kappa shape index (κ2) is 3.09. The Kier molecular flexibility index (Phi) is 2.15. The van der Waals surface area contributed by atoms with E-state index >= 15 is 0 Å². The molecule has 0 aliphatic rings. The molecule has 1 N–H and O–H groups in total. The average Bonchev–Trinajstić information content (AvgIpc) is 2.37. The van der Waals surface area contributed by atoms with E-state index in [2.05, 4.69) is 10.4 Å². The van der Waals surface area contributed by atoms with Crippen molar-refractivity contribution in [1.82, 2.24) is 9.78 Å². The highest BCUT2D eigenvalue weighted by molar-refractivity contribution is 5.69. The Labute approximate surface area is 60.8 Å². The van der Waals surface area contributed by atoms with Gasteiger partial charge in [0.05, 0.1) is 18.1 Å². The van der Waals surface area contributed by atoms with Gasteiger partial charge in [-0.1, -0.05) is 0 Å². The van der Waals surface area contributed by atoms with Crippen LogP contribution in [0.25, 0.3) is 0 Å². The molecule has 0 atom stereocenters. The first-order valence-corrected chi connectivity index (χ1v) is 2.76. The average molecular weight is 161 g/mol. The highest BCUT2D eigenvalue weighted by Gasteiger charge is 2.05. The van der Waals surface area contributed by atoms with Crippen LogP contribution in [-0.4, -0.2) is 16.2 Å². The molecule has 1 rings (SSSR count). The van der Waals surface area contributed by atoms with Crippen LogP contribution in [0.1, 0.15) is 6.55 Å². The molecule has 0 bridgehead atoms. The number of nitrogens with zero attached hydrogens (tertiary/aromatic N) is 2. The number of aromatic nitrogens is 2. The third-order valence-electron chi connectivity index (χ3n) is 1.03. The largest absolute Gasteiger partial charge is 0.333 e. The number of rotatable bonds is 3. The second-order valence-corrected chi connectivity index (χ2v) is 1.75. The molecule has 1 aromatic rings. The molecule has 0 fully saturated rings. The number of hydrogen-bond donors (Lipinski definition) is 1. The van der Waals surface area contributed by atoms with E-state index in [1.54, 1.807) is 0 Å². The van der Waals surface area contributed by atoms with Crippen LogP contribution >= 0.6 is 0 Å². The van der Waals surface area contributed by atoms with Crippen molar-refractivity contribution < 1.29 is 13.6 Å². The number of nitrogens with one attached hydrogen (secondary N) is 1. The fourth-order valence-corrected chi connectivity index (χ4v) is 0.587. The smallest absolute Gasteiger partial charge is 0.326 e. The lowest BCUT2D eigenvalue weighted by molar-refractivity contribution is -0.105. The molecule has 6 heteroatoms. The molecule has 0 aliphatic heterocycles. The third-order valence-corrected chi connectivity index (χ3v) is 1.03. The van der Waals surface area contributed by atoms with Crippen LogP contribution in [0.15, 0.2) is 12.4 Å². The van der Waals surface area contributed by atoms with Crippen molar-refractivity contribution in [1.29, 1.82) is 0 Å². The minimum Gasteiger partial charge on any atom is -0.326 e. The summed E-state index contributed by atoms with van der Waals surface area (Å²) in [4.78, 5) is 9.82. The maximum atomic E-state index is 11.8. The van der Waals surface area contributed by atoms with Gasteiger partial charge in [0.2, 0.25) is 6.41 Å². The van der Waals surface area contributed by atoms with Crippen LogP contribution in [0, 0.1) is 0 Å². The minimum atomic E-state index is -2.67. The lowest BCUT2D eigenvalue weighted by Gasteiger charge is -1.94. The van der Waals surface area contributed by atoms with Crippen LogP contribution in [0.4, 0.5) is 14.5 Å². The Morgan fingerprint density at radius 3 is 2.91 bits per heavy atom. The van der Waals surface area contributed by atoms with Gasteiger partial charge in [-0.25, -0.2) is 4.68 Å². The molecule has 0 unspecified atom stereocenters. The molecule has 11 heavy (non-hydrogen) atoms. The maximum absolute atomic E-state index is 11.8. The van der Waals surface area contributed by atoms with Gasteiger partial charge in [-0.2, -0.15) is 13.9 Å². The van der Waals surface area contributed by atoms with Gasteiger partial charge >= 0.3 is 6.55 Å². The zero-order chi connectivity index (χ0) is 8.27. The Balaban J connectivity index is 2.73. The third kappa shape index (κ3) is 1.73. The second-order valence-electron chi connectivity index (χ2n) is 1.75. The molecule has 1 heterocycles. The van der Waals surface area contributed by atoms with Crippen molar-refractivity contribution in [3.8, 4) is 0 Å². The van der Waals surface area contributed by atoms with E-state index < -0.39 is 6.55 Å². The summed E-state index contributed by atoms with van der Waals surface area (Å²) in [5, 5.41) is 5.47. The Hall–Kier alpha value is -1.46. The van der Waals surface area contributed by atoms with Crippen LogP contribution in [0.5, 0.6) is 0 Å². The quantitative estimate of drug-likeness (QED) is 0.668. The molecule has 0 radical (unpaired) electrons. The van der Waals surface area contributed by atoms with Gasteiger partial charge in [0.1, 0.15) is 0 Å². The summed E-state index contributed by atoms with van der Waals surface area (Å²) in [7, 11) is 0. The summed E-state index contributed by atoms with van der Waals surface area (Å²) in [6.07, 6.45) is 2.58. The van der Waals surface area contributed by atoms with Crippen molar-refractivity contribution in [3.63, 3.8) is 0 Å². The normalized spacial score (nSPS) is 10.1. The predicted octanol–water partition coefficient (Wildman–Crippen LogP) is 0.847. The van der Waals surface area contributed by atoms with Crippen molar-refractivity contribution in [2.45, 2.75) is 6.55 Å². The van der Waals surface area contributed by atoms with Crippen LogP contribution in [0.3, 0.4) is 0 Å². The number of anilines is 1. The van der Waals surface area contributed by atoms with Crippen molar-refractivity contribution in [2.75, 3.05) is 5.32 Å². The predicted molar refractivity (Wildman–Crippen MR) is 33.2 cm³/mol. The number of carbonyl (C=O) groups excluding carboxylic acids is 1. The summed E-state index contributed by atoms with van der Waals surface area (Å²) in [6, 6.07) is 0. The van der Waals surface area contributed by atoms with Gasteiger partial charge in [-0.15, -0.1) is 0 Å². The van der Waals surface area contributed by atoms with Crippen LogP contribution < -0.4 is 5.32 Å². The van der Waals surface area contributed by atoms with Crippen molar-refractivity contribution in [2.24, 2.45) is 0 Å². The molecule has 0 spiro atoms.